The van der Waals surface area contributed by atoms with Crippen molar-refractivity contribution in [3.05, 3.63) is 90.2 Å². The van der Waals surface area contributed by atoms with Crippen LogP contribution in [-0.4, -0.2) is 35.5 Å². The van der Waals surface area contributed by atoms with E-state index in [2.05, 4.69) is 4.72 Å². The van der Waals surface area contributed by atoms with Gasteiger partial charge in [0.25, 0.3) is 10.0 Å². The molecule has 0 radical (unpaired) electrons. The first kappa shape index (κ1) is 26.0. The Bertz CT molecular complexity index is 1790. The molecular weight excluding hydrogens is 527 g/mol. The van der Waals surface area contributed by atoms with E-state index in [4.69, 9.17) is 0 Å². The van der Waals surface area contributed by atoms with E-state index >= 15 is 0 Å². The van der Waals surface area contributed by atoms with E-state index in [0.717, 1.165) is 18.4 Å². The fourth-order valence-corrected chi connectivity index (χ4v) is 8.43. The van der Waals surface area contributed by atoms with E-state index in [1.54, 1.807) is 32.0 Å². The van der Waals surface area contributed by atoms with Gasteiger partial charge in [-0.3, -0.25) is 0 Å². The lowest BCUT2D eigenvalue weighted by Gasteiger charge is -2.25. The van der Waals surface area contributed by atoms with Gasteiger partial charge in [-0.05, 0) is 55.8 Å². The van der Waals surface area contributed by atoms with E-state index in [1.165, 1.54) is 48.5 Å². The number of nitrogens with zero attached hydrogens (tertiary/aromatic N) is 1. The molecule has 12 heteroatoms. The molecule has 0 bridgehead atoms. The van der Waals surface area contributed by atoms with Crippen LogP contribution in [0.15, 0.2) is 93.7 Å². The molecular formula is C24H23FN2O6S3. The highest BCUT2D eigenvalue weighted by Crippen LogP contribution is 2.33. The predicted octanol–water partition coefficient (Wildman–Crippen LogP) is 3.63. The third kappa shape index (κ3) is 4.69. The van der Waals surface area contributed by atoms with Gasteiger partial charge in [-0.15, -0.1) is 0 Å². The van der Waals surface area contributed by atoms with Crippen LogP contribution < -0.4 is 4.72 Å². The van der Waals surface area contributed by atoms with Crippen molar-refractivity contribution in [3.63, 3.8) is 0 Å². The van der Waals surface area contributed by atoms with Crippen molar-refractivity contribution in [2.45, 2.75) is 34.2 Å². The Morgan fingerprint density at radius 2 is 1.39 bits per heavy atom. The van der Waals surface area contributed by atoms with Crippen molar-refractivity contribution >= 4 is 40.8 Å². The topological polar surface area (TPSA) is 119 Å². The molecule has 1 aromatic heterocycles. The molecule has 0 atom stereocenters. The molecule has 190 valence electrons. The number of sulfone groups is 1. The number of benzene rings is 3. The van der Waals surface area contributed by atoms with Crippen LogP contribution in [0.1, 0.15) is 19.4 Å². The molecule has 4 rings (SSSR count). The maximum atomic E-state index is 14.5. The van der Waals surface area contributed by atoms with Gasteiger partial charge >= 0.3 is 0 Å². The van der Waals surface area contributed by atoms with Crippen LogP contribution >= 0.6 is 0 Å². The minimum atomic E-state index is -4.64. The van der Waals surface area contributed by atoms with Crippen molar-refractivity contribution in [1.29, 1.82) is 0 Å². The monoisotopic (exact) mass is 550 g/mol. The van der Waals surface area contributed by atoms with Crippen LogP contribution in [0.5, 0.6) is 0 Å². The number of rotatable bonds is 7. The van der Waals surface area contributed by atoms with Crippen LogP contribution in [-0.2, 0) is 35.4 Å². The van der Waals surface area contributed by atoms with Gasteiger partial charge in [-0.25, -0.2) is 38.3 Å². The molecule has 0 spiro atoms. The number of nitrogens with one attached hydrogen (secondary N) is 1. The number of halogens is 1. The van der Waals surface area contributed by atoms with Crippen LogP contribution in [0, 0.1) is 5.82 Å². The van der Waals surface area contributed by atoms with Crippen molar-refractivity contribution in [3.8, 4) is 0 Å². The molecule has 0 amide bonds. The molecule has 4 aromatic rings. The van der Waals surface area contributed by atoms with Gasteiger partial charge in [-0.1, -0.05) is 42.5 Å². The van der Waals surface area contributed by atoms with Crippen LogP contribution in [0.2, 0.25) is 0 Å². The van der Waals surface area contributed by atoms with E-state index in [0.29, 0.717) is 14.9 Å². The Labute approximate surface area is 209 Å². The standard InChI is InChI=1S/C24H23FN2O6S3/c1-24(2,26-34(3,28)29)18-12-14-19(15-13-18)35(30,31)23-16-17-8-4-6-10-21(17)27(23)36(32,33)22-11-7-5-9-20(22)25/h4-16,26H,1-3H3. The molecule has 0 aliphatic heterocycles. The predicted molar refractivity (Wildman–Crippen MR) is 134 cm³/mol. The van der Waals surface area contributed by atoms with E-state index in [9.17, 15) is 29.6 Å². The van der Waals surface area contributed by atoms with Crippen molar-refractivity contribution in [2.24, 2.45) is 0 Å². The summed E-state index contributed by atoms with van der Waals surface area (Å²) in [5.74, 6) is -1.01. The Balaban J connectivity index is 1.90. The molecule has 3 aromatic carbocycles. The normalized spacial score (nSPS) is 13.2. The molecule has 0 aliphatic carbocycles. The third-order valence-electron chi connectivity index (χ3n) is 5.59. The van der Waals surface area contributed by atoms with Gasteiger partial charge in [0.2, 0.25) is 19.9 Å². The largest absolute Gasteiger partial charge is 0.272 e. The second kappa shape index (κ2) is 8.80. The molecule has 36 heavy (non-hydrogen) atoms. The van der Waals surface area contributed by atoms with Gasteiger partial charge in [0.15, 0.2) is 5.03 Å². The number of hydrogen-bond donors (Lipinski definition) is 1. The minimum Gasteiger partial charge on any atom is -0.222 e. The Hall–Kier alpha value is -3.06. The highest BCUT2D eigenvalue weighted by Gasteiger charge is 2.33. The first-order valence-electron chi connectivity index (χ1n) is 10.6. The van der Waals surface area contributed by atoms with Gasteiger partial charge < -0.3 is 0 Å². The molecule has 8 nitrogen and oxygen atoms in total. The molecule has 1 N–H and O–H groups in total. The summed E-state index contributed by atoms with van der Waals surface area (Å²) in [6, 6.07) is 17.6. The average molecular weight is 551 g/mol. The Morgan fingerprint density at radius 3 is 2.00 bits per heavy atom. The number of aromatic nitrogens is 1. The summed E-state index contributed by atoms with van der Waals surface area (Å²) in [6.45, 7) is 3.24. The quantitative estimate of drug-likeness (QED) is 0.375. The first-order valence-corrected chi connectivity index (χ1v) is 15.4. The fourth-order valence-electron chi connectivity index (χ4n) is 3.99. The summed E-state index contributed by atoms with van der Waals surface area (Å²) in [5.41, 5.74) is -0.459. The van der Waals surface area contributed by atoms with Gasteiger partial charge in [0.1, 0.15) is 10.7 Å². The fraction of sp³-hybridized carbons (Fsp3) is 0.167. The van der Waals surface area contributed by atoms with Gasteiger partial charge in [-0.2, -0.15) is 0 Å². The molecule has 1 heterocycles. The summed E-state index contributed by atoms with van der Waals surface area (Å²) < 4.78 is 95.5. The maximum Gasteiger partial charge on any atom is 0.272 e. The molecule has 0 unspecified atom stereocenters. The zero-order valence-corrected chi connectivity index (χ0v) is 22.0. The van der Waals surface area contributed by atoms with E-state index in [1.807, 2.05) is 0 Å². The minimum absolute atomic E-state index is 0.0782. The molecule has 0 aliphatic rings. The summed E-state index contributed by atoms with van der Waals surface area (Å²) in [7, 11) is -12.6. The van der Waals surface area contributed by atoms with E-state index in [-0.39, 0.29) is 10.4 Å². The highest BCUT2D eigenvalue weighted by atomic mass is 32.2. The number of sulfonamides is 1. The smallest absolute Gasteiger partial charge is 0.222 e. The maximum absolute atomic E-state index is 14.5. The zero-order valence-electron chi connectivity index (χ0n) is 19.5. The first-order chi connectivity index (χ1) is 16.6. The van der Waals surface area contributed by atoms with Crippen LogP contribution in [0.25, 0.3) is 10.9 Å². The SMILES string of the molecule is CC(C)(NS(C)(=O)=O)c1ccc(S(=O)(=O)c2cc3ccccc3n2S(=O)(=O)c2ccccc2F)cc1. The molecule has 0 fully saturated rings. The zero-order chi connectivity index (χ0) is 26.5. The summed E-state index contributed by atoms with van der Waals surface area (Å²) in [5, 5.41) is -0.209. The van der Waals surface area contributed by atoms with Gasteiger partial charge in [0.05, 0.1) is 22.2 Å². The lowest BCUT2D eigenvalue weighted by molar-refractivity contribution is 0.474. The van der Waals surface area contributed by atoms with Crippen LogP contribution in [0.3, 0.4) is 0 Å². The summed E-state index contributed by atoms with van der Waals surface area (Å²) in [6.07, 6.45) is 1.02. The van der Waals surface area contributed by atoms with Crippen molar-refractivity contribution in [1.82, 2.24) is 8.69 Å². The highest BCUT2D eigenvalue weighted by molar-refractivity contribution is 7.93. The number of fused-ring (bicyclic) bond motifs is 1. The molecule has 0 saturated carbocycles. The summed E-state index contributed by atoms with van der Waals surface area (Å²) in [4.78, 5) is -0.874. The number of para-hydroxylation sites is 1. The van der Waals surface area contributed by atoms with Crippen molar-refractivity contribution < 1.29 is 29.6 Å². The molecule has 0 saturated heterocycles. The van der Waals surface area contributed by atoms with Crippen molar-refractivity contribution in [2.75, 3.05) is 6.26 Å². The summed E-state index contributed by atoms with van der Waals surface area (Å²) >= 11 is 0. The number of hydrogen-bond acceptors (Lipinski definition) is 6. The Kier molecular flexibility index (Phi) is 6.36. The lowest BCUT2D eigenvalue weighted by atomic mass is 9.96. The second-order valence-electron chi connectivity index (χ2n) is 8.77. The van der Waals surface area contributed by atoms with Gasteiger partial charge in [0, 0.05) is 5.39 Å². The second-order valence-corrected chi connectivity index (χ2v) is 14.2. The van der Waals surface area contributed by atoms with Crippen LogP contribution in [0.4, 0.5) is 4.39 Å². The lowest BCUT2D eigenvalue weighted by Crippen LogP contribution is -2.40. The Morgan fingerprint density at radius 1 is 0.806 bits per heavy atom. The third-order valence-corrected chi connectivity index (χ3v) is 10.1. The van der Waals surface area contributed by atoms with E-state index < -0.39 is 51.2 Å². The average Bonchev–Trinajstić information content (AvgIpc) is 3.19.